The Balaban J connectivity index is 1.81. The van der Waals surface area contributed by atoms with Crippen molar-refractivity contribution in [1.82, 2.24) is 9.47 Å². The Morgan fingerprint density at radius 3 is 2.46 bits per heavy atom. The smallest absolute Gasteiger partial charge is 0.418 e. The van der Waals surface area contributed by atoms with E-state index < -0.39 is 17.6 Å². The Morgan fingerprint density at radius 1 is 1.12 bits per heavy atom. The highest BCUT2D eigenvalue weighted by Crippen LogP contribution is 2.31. The molecule has 2 amide bonds. The lowest BCUT2D eigenvalue weighted by Crippen LogP contribution is -2.31. The molecular formula is C20H22N2O4. The minimum Gasteiger partial charge on any atom is -0.443 e. The zero-order valence-electron chi connectivity index (χ0n) is 15.1. The van der Waals surface area contributed by atoms with E-state index in [0.717, 1.165) is 5.56 Å². The van der Waals surface area contributed by atoms with Crippen LogP contribution in [0.4, 0.5) is 4.79 Å². The van der Waals surface area contributed by atoms with Crippen LogP contribution in [0.15, 0.2) is 48.7 Å². The number of hydrogen-bond donors (Lipinski definition) is 0. The minimum absolute atomic E-state index is 0.0540. The predicted octanol–water partition coefficient (Wildman–Crippen LogP) is 3.31. The molecule has 2 aromatic rings. The molecule has 0 radical (unpaired) electrons. The lowest BCUT2D eigenvalue weighted by atomic mass is 10.0. The van der Waals surface area contributed by atoms with Crippen LogP contribution in [0.25, 0.3) is 0 Å². The maximum atomic E-state index is 12.8. The van der Waals surface area contributed by atoms with Crippen molar-refractivity contribution in [3.05, 3.63) is 59.9 Å². The van der Waals surface area contributed by atoms with Gasteiger partial charge in [-0.3, -0.25) is 19.1 Å². The number of carbonyl (C=O) groups excluding carboxylic acids is 3. The van der Waals surface area contributed by atoms with Crippen molar-refractivity contribution in [3.8, 4) is 0 Å². The van der Waals surface area contributed by atoms with Crippen molar-refractivity contribution in [2.24, 2.45) is 0 Å². The molecule has 1 atom stereocenters. The van der Waals surface area contributed by atoms with Crippen molar-refractivity contribution in [1.29, 1.82) is 0 Å². The van der Waals surface area contributed by atoms with Crippen LogP contribution in [-0.2, 0) is 20.9 Å². The van der Waals surface area contributed by atoms with E-state index in [0.29, 0.717) is 5.69 Å². The highest BCUT2D eigenvalue weighted by molar-refractivity contribution is 6.06. The lowest BCUT2D eigenvalue weighted by molar-refractivity contribution is -0.139. The molecule has 1 fully saturated rings. The molecule has 6 nitrogen and oxygen atoms in total. The molecule has 3 rings (SSSR count). The maximum absolute atomic E-state index is 12.8. The van der Waals surface area contributed by atoms with Gasteiger partial charge in [-0.2, -0.15) is 0 Å². The largest absolute Gasteiger partial charge is 0.443 e. The quantitative estimate of drug-likeness (QED) is 0.793. The molecule has 0 aliphatic carbocycles. The number of carbonyl (C=O) groups is 3. The summed E-state index contributed by atoms with van der Waals surface area (Å²) in [6.07, 6.45) is 1.05. The summed E-state index contributed by atoms with van der Waals surface area (Å²) < 4.78 is 6.69. The lowest BCUT2D eigenvalue weighted by Gasteiger charge is -2.21. The second-order valence-corrected chi connectivity index (χ2v) is 7.34. The Kier molecular flexibility index (Phi) is 4.68. The van der Waals surface area contributed by atoms with Crippen molar-refractivity contribution in [2.75, 3.05) is 0 Å². The fraction of sp³-hybridized carbons (Fsp3) is 0.350. The van der Waals surface area contributed by atoms with Crippen molar-refractivity contribution in [2.45, 2.75) is 45.3 Å². The SMILES string of the molecule is CC(C)(C)OC(=O)n1cccc1C1CC(=O)N(Cc2ccccc2)C1=O. The van der Waals surface area contributed by atoms with Gasteiger partial charge in [-0.15, -0.1) is 0 Å². The summed E-state index contributed by atoms with van der Waals surface area (Å²) in [4.78, 5) is 38.8. The molecule has 0 bridgehead atoms. The van der Waals surface area contributed by atoms with Gasteiger partial charge in [0.2, 0.25) is 11.8 Å². The topological polar surface area (TPSA) is 68.6 Å². The van der Waals surface area contributed by atoms with Gasteiger partial charge in [0.1, 0.15) is 5.60 Å². The summed E-state index contributed by atoms with van der Waals surface area (Å²) in [5.74, 6) is -1.20. The van der Waals surface area contributed by atoms with Gasteiger partial charge in [-0.1, -0.05) is 30.3 Å². The van der Waals surface area contributed by atoms with Gasteiger partial charge in [-0.25, -0.2) is 4.79 Å². The third-order valence-electron chi connectivity index (χ3n) is 4.15. The van der Waals surface area contributed by atoms with Gasteiger partial charge in [0.15, 0.2) is 0 Å². The average molecular weight is 354 g/mol. The first-order chi connectivity index (χ1) is 12.3. The average Bonchev–Trinajstić information content (AvgIpc) is 3.14. The van der Waals surface area contributed by atoms with Crippen LogP contribution in [0.5, 0.6) is 0 Å². The second kappa shape index (κ2) is 6.78. The molecule has 1 unspecified atom stereocenters. The van der Waals surface area contributed by atoms with Crippen LogP contribution in [-0.4, -0.2) is 33.0 Å². The molecule has 26 heavy (non-hydrogen) atoms. The number of aromatic nitrogens is 1. The molecule has 0 spiro atoms. The van der Waals surface area contributed by atoms with Gasteiger partial charge in [0.25, 0.3) is 0 Å². The number of hydrogen-bond acceptors (Lipinski definition) is 4. The standard InChI is InChI=1S/C20H22N2O4/c1-20(2,3)26-19(25)21-11-7-10-16(21)15-12-17(23)22(18(15)24)13-14-8-5-4-6-9-14/h4-11,15H,12-13H2,1-3H3. The second-order valence-electron chi connectivity index (χ2n) is 7.34. The number of nitrogens with zero attached hydrogens (tertiary/aromatic N) is 2. The van der Waals surface area contributed by atoms with E-state index in [2.05, 4.69) is 0 Å². The van der Waals surface area contributed by atoms with Gasteiger partial charge < -0.3 is 4.74 Å². The summed E-state index contributed by atoms with van der Waals surface area (Å²) in [5, 5.41) is 0. The first-order valence-electron chi connectivity index (χ1n) is 8.55. The molecule has 1 aliphatic heterocycles. The Morgan fingerprint density at radius 2 is 1.81 bits per heavy atom. The van der Waals surface area contributed by atoms with Crippen LogP contribution in [0.2, 0.25) is 0 Å². The number of amides is 2. The number of likely N-dealkylation sites (tertiary alicyclic amines) is 1. The van der Waals surface area contributed by atoms with Gasteiger partial charge >= 0.3 is 6.09 Å². The van der Waals surface area contributed by atoms with E-state index >= 15 is 0 Å². The fourth-order valence-electron chi connectivity index (χ4n) is 3.00. The number of benzene rings is 1. The third-order valence-corrected chi connectivity index (χ3v) is 4.15. The van der Waals surface area contributed by atoms with Gasteiger partial charge in [0, 0.05) is 18.3 Å². The first kappa shape index (κ1) is 17.9. The molecule has 1 aromatic carbocycles. The Hall–Kier alpha value is -2.89. The van der Waals surface area contributed by atoms with Crippen LogP contribution in [0, 0.1) is 0 Å². The molecule has 1 aliphatic rings. The maximum Gasteiger partial charge on any atom is 0.418 e. The third kappa shape index (κ3) is 3.69. The highest BCUT2D eigenvalue weighted by atomic mass is 16.6. The van der Waals surface area contributed by atoms with E-state index in [1.54, 1.807) is 39.1 Å². The summed E-state index contributed by atoms with van der Waals surface area (Å²) in [6, 6.07) is 12.7. The van der Waals surface area contributed by atoms with Gasteiger partial charge in [0.05, 0.1) is 12.5 Å². The van der Waals surface area contributed by atoms with Crippen molar-refractivity contribution >= 4 is 17.9 Å². The first-order valence-corrected chi connectivity index (χ1v) is 8.55. The zero-order valence-corrected chi connectivity index (χ0v) is 15.1. The molecule has 1 aromatic heterocycles. The summed E-state index contributed by atoms with van der Waals surface area (Å²) in [6.45, 7) is 5.57. The van der Waals surface area contributed by atoms with E-state index in [9.17, 15) is 14.4 Å². The van der Waals surface area contributed by atoms with Crippen molar-refractivity contribution < 1.29 is 19.1 Å². The van der Waals surface area contributed by atoms with E-state index in [-0.39, 0.29) is 24.8 Å². The van der Waals surface area contributed by atoms with Crippen molar-refractivity contribution in [3.63, 3.8) is 0 Å². The Labute approximate surface area is 152 Å². The normalized spacial score (nSPS) is 17.7. The molecule has 136 valence electrons. The molecule has 6 heteroatoms. The van der Waals surface area contributed by atoms with E-state index in [4.69, 9.17) is 4.74 Å². The number of rotatable bonds is 3. The van der Waals surface area contributed by atoms with Crippen LogP contribution >= 0.6 is 0 Å². The summed E-state index contributed by atoms with van der Waals surface area (Å²) in [5.41, 5.74) is 0.721. The predicted molar refractivity (Wildman–Crippen MR) is 95.4 cm³/mol. The van der Waals surface area contributed by atoms with Crippen LogP contribution in [0.3, 0.4) is 0 Å². The fourth-order valence-corrected chi connectivity index (χ4v) is 3.00. The Bertz CT molecular complexity index is 833. The zero-order chi connectivity index (χ0) is 18.9. The molecule has 2 heterocycles. The monoisotopic (exact) mass is 354 g/mol. The molecule has 0 N–H and O–H groups in total. The number of ether oxygens (including phenoxy) is 1. The molecule has 1 saturated heterocycles. The van der Waals surface area contributed by atoms with E-state index in [1.807, 2.05) is 30.3 Å². The number of imide groups is 1. The molecular weight excluding hydrogens is 332 g/mol. The van der Waals surface area contributed by atoms with E-state index in [1.165, 1.54) is 9.47 Å². The summed E-state index contributed by atoms with van der Waals surface area (Å²) in [7, 11) is 0. The van der Waals surface area contributed by atoms with Gasteiger partial charge in [-0.05, 0) is 38.5 Å². The summed E-state index contributed by atoms with van der Waals surface area (Å²) >= 11 is 0. The van der Waals surface area contributed by atoms with Crippen LogP contribution < -0.4 is 0 Å². The highest BCUT2D eigenvalue weighted by Gasteiger charge is 2.41. The minimum atomic E-state index is -0.672. The molecule has 0 saturated carbocycles. The van der Waals surface area contributed by atoms with Crippen LogP contribution in [0.1, 0.15) is 44.4 Å².